The molecule has 3 aromatic rings. The molecule has 0 fully saturated rings. The monoisotopic (exact) mass is 273 g/mol. The first-order valence-electron chi connectivity index (χ1n) is 5.43. The predicted molar refractivity (Wildman–Crippen MR) is 71.5 cm³/mol. The van der Waals surface area contributed by atoms with Gasteiger partial charge in [0.2, 0.25) is 5.95 Å². The number of halogens is 1. The van der Waals surface area contributed by atoms with Gasteiger partial charge in [-0.3, -0.25) is 4.98 Å². The van der Waals surface area contributed by atoms with Gasteiger partial charge in [0, 0.05) is 6.20 Å². The van der Waals surface area contributed by atoms with E-state index in [0.717, 1.165) is 5.69 Å². The lowest BCUT2D eigenvalue weighted by Gasteiger charge is -2.05. The zero-order valence-corrected chi connectivity index (χ0v) is 10.3. The van der Waals surface area contributed by atoms with Crippen LogP contribution in [0, 0.1) is 0 Å². The SMILES string of the molecule is Oc1c(Cl)ccc2nnc(Nc3cccnc3)nc12. The second-order valence-electron chi connectivity index (χ2n) is 3.77. The van der Waals surface area contributed by atoms with E-state index in [4.69, 9.17) is 11.6 Å². The lowest BCUT2D eigenvalue weighted by Crippen LogP contribution is -1.99. The number of nitrogens with one attached hydrogen (secondary N) is 1. The van der Waals surface area contributed by atoms with Crippen LogP contribution in [0.2, 0.25) is 5.02 Å². The Labute approximate surface area is 113 Å². The van der Waals surface area contributed by atoms with Crippen molar-refractivity contribution >= 4 is 34.3 Å². The Morgan fingerprint density at radius 2 is 2.05 bits per heavy atom. The predicted octanol–water partition coefficient (Wildman–Crippen LogP) is 2.52. The Morgan fingerprint density at radius 3 is 2.84 bits per heavy atom. The Morgan fingerprint density at radius 1 is 1.16 bits per heavy atom. The van der Waals surface area contributed by atoms with Crippen molar-refractivity contribution in [3.8, 4) is 5.75 Å². The summed E-state index contributed by atoms with van der Waals surface area (Å²) >= 11 is 5.83. The van der Waals surface area contributed by atoms with E-state index in [1.807, 2.05) is 6.07 Å². The van der Waals surface area contributed by atoms with Gasteiger partial charge < -0.3 is 10.4 Å². The number of hydrogen-bond donors (Lipinski definition) is 2. The zero-order valence-electron chi connectivity index (χ0n) is 9.58. The van der Waals surface area contributed by atoms with Crippen LogP contribution in [-0.2, 0) is 0 Å². The minimum Gasteiger partial charge on any atom is -0.504 e. The molecule has 0 unspecified atom stereocenters. The molecule has 0 amide bonds. The van der Waals surface area contributed by atoms with E-state index >= 15 is 0 Å². The highest BCUT2D eigenvalue weighted by Gasteiger charge is 2.09. The fourth-order valence-electron chi connectivity index (χ4n) is 1.58. The average molecular weight is 274 g/mol. The molecule has 19 heavy (non-hydrogen) atoms. The van der Waals surface area contributed by atoms with Crippen molar-refractivity contribution in [2.45, 2.75) is 0 Å². The number of aromatic nitrogens is 4. The van der Waals surface area contributed by atoms with Crippen LogP contribution >= 0.6 is 11.6 Å². The molecule has 7 heteroatoms. The summed E-state index contributed by atoms with van der Waals surface area (Å²) in [5.41, 5.74) is 1.50. The zero-order chi connectivity index (χ0) is 13.2. The van der Waals surface area contributed by atoms with Gasteiger partial charge >= 0.3 is 0 Å². The summed E-state index contributed by atoms with van der Waals surface area (Å²) in [7, 11) is 0. The molecule has 6 nitrogen and oxygen atoms in total. The highest BCUT2D eigenvalue weighted by molar-refractivity contribution is 6.33. The quantitative estimate of drug-likeness (QED) is 0.746. The molecule has 0 saturated carbocycles. The molecule has 3 rings (SSSR count). The third-order valence-corrected chi connectivity index (χ3v) is 2.77. The van der Waals surface area contributed by atoms with Crippen molar-refractivity contribution in [3.05, 3.63) is 41.7 Å². The molecular weight excluding hydrogens is 266 g/mol. The van der Waals surface area contributed by atoms with Gasteiger partial charge in [-0.25, -0.2) is 4.98 Å². The maximum Gasteiger partial charge on any atom is 0.247 e. The number of aromatic hydroxyl groups is 1. The number of hydrogen-bond acceptors (Lipinski definition) is 6. The number of nitrogens with zero attached hydrogens (tertiary/aromatic N) is 4. The summed E-state index contributed by atoms with van der Waals surface area (Å²) in [6, 6.07) is 6.79. The second-order valence-corrected chi connectivity index (χ2v) is 4.17. The van der Waals surface area contributed by atoms with Crippen LogP contribution < -0.4 is 5.32 Å². The lowest BCUT2D eigenvalue weighted by molar-refractivity contribution is 0.480. The number of fused-ring (bicyclic) bond motifs is 1. The number of anilines is 2. The van der Waals surface area contributed by atoms with E-state index < -0.39 is 0 Å². The van der Waals surface area contributed by atoms with Crippen LogP contribution in [0.4, 0.5) is 11.6 Å². The fourth-order valence-corrected chi connectivity index (χ4v) is 1.74. The fraction of sp³-hybridized carbons (Fsp3) is 0. The molecule has 0 aliphatic carbocycles. The van der Waals surface area contributed by atoms with Gasteiger partial charge in [0.15, 0.2) is 5.75 Å². The van der Waals surface area contributed by atoms with Gasteiger partial charge in [0.25, 0.3) is 0 Å². The van der Waals surface area contributed by atoms with Crippen LogP contribution in [0.5, 0.6) is 5.75 Å². The lowest BCUT2D eigenvalue weighted by atomic mass is 10.3. The van der Waals surface area contributed by atoms with E-state index in [9.17, 15) is 5.11 Å². The van der Waals surface area contributed by atoms with Gasteiger partial charge in [-0.1, -0.05) is 11.6 Å². The summed E-state index contributed by atoms with van der Waals surface area (Å²) in [5, 5.41) is 20.9. The maximum atomic E-state index is 9.85. The van der Waals surface area contributed by atoms with Gasteiger partial charge in [0.1, 0.15) is 11.0 Å². The Hall–Kier alpha value is -2.47. The van der Waals surface area contributed by atoms with Crippen LogP contribution in [0.25, 0.3) is 11.0 Å². The standard InChI is InChI=1S/C12H8ClN5O/c13-8-3-4-9-10(11(8)19)16-12(18-17-9)15-7-2-1-5-14-6-7/h1-6,19H,(H,15,16,18). The van der Waals surface area contributed by atoms with Gasteiger partial charge in [-0.2, -0.15) is 0 Å². The van der Waals surface area contributed by atoms with Gasteiger partial charge in [-0.15, -0.1) is 10.2 Å². The van der Waals surface area contributed by atoms with Gasteiger partial charge in [-0.05, 0) is 24.3 Å². The van der Waals surface area contributed by atoms with E-state index in [1.165, 1.54) is 0 Å². The summed E-state index contributed by atoms with van der Waals surface area (Å²) in [4.78, 5) is 8.15. The molecule has 0 saturated heterocycles. The van der Waals surface area contributed by atoms with E-state index in [-0.39, 0.29) is 16.7 Å². The first-order chi connectivity index (χ1) is 9.24. The second kappa shape index (κ2) is 4.66. The smallest absolute Gasteiger partial charge is 0.247 e. The number of pyridine rings is 1. The highest BCUT2D eigenvalue weighted by atomic mass is 35.5. The van der Waals surface area contributed by atoms with E-state index in [1.54, 1.807) is 30.6 Å². The normalized spacial score (nSPS) is 10.6. The summed E-state index contributed by atoms with van der Waals surface area (Å²) < 4.78 is 0. The highest BCUT2D eigenvalue weighted by Crippen LogP contribution is 2.30. The van der Waals surface area contributed by atoms with Crippen molar-refractivity contribution in [2.24, 2.45) is 0 Å². The molecule has 0 aliphatic rings. The number of phenolic OH excluding ortho intramolecular Hbond substituents is 1. The first-order valence-corrected chi connectivity index (χ1v) is 5.81. The van der Waals surface area contributed by atoms with Crippen LogP contribution in [0.3, 0.4) is 0 Å². The Bertz CT molecular complexity index is 735. The molecule has 0 radical (unpaired) electrons. The van der Waals surface area contributed by atoms with Crippen molar-refractivity contribution in [1.82, 2.24) is 20.2 Å². The molecule has 2 N–H and O–H groups in total. The number of phenols is 1. The molecule has 0 bridgehead atoms. The van der Waals surface area contributed by atoms with Crippen molar-refractivity contribution < 1.29 is 5.11 Å². The average Bonchev–Trinajstić information content (AvgIpc) is 2.45. The molecule has 0 aliphatic heterocycles. The van der Waals surface area contributed by atoms with Crippen molar-refractivity contribution in [3.63, 3.8) is 0 Å². The molecule has 94 valence electrons. The van der Waals surface area contributed by atoms with E-state index in [2.05, 4.69) is 25.5 Å². The summed E-state index contributed by atoms with van der Waals surface area (Å²) in [6.07, 6.45) is 3.29. The summed E-state index contributed by atoms with van der Waals surface area (Å²) in [5.74, 6) is 0.154. The third-order valence-electron chi connectivity index (χ3n) is 2.47. The minimum atomic E-state index is -0.108. The molecular formula is C12H8ClN5O. The summed E-state index contributed by atoms with van der Waals surface area (Å²) in [6.45, 7) is 0. The largest absolute Gasteiger partial charge is 0.504 e. The molecule has 2 aromatic heterocycles. The maximum absolute atomic E-state index is 9.85. The van der Waals surface area contributed by atoms with Crippen molar-refractivity contribution in [1.29, 1.82) is 0 Å². The molecule has 1 aromatic carbocycles. The minimum absolute atomic E-state index is 0.108. The van der Waals surface area contributed by atoms with Crippen LogP contribution in [0.15, 0.2) is 36.7 Å². The third kappa shape index (κ3) is 2.25. The van der Waals surface area contributed by atoms with Crippen molar-refractivity contribution in [2.75, 3.05) is 5.32 Å². The Kier molecular flexibility index (Phi) is 2.85. The molecule has 2 heterocycles. The van der Waals surface area contributed by atoms with E-state index in [0.29, 0.717) is 11.0 Å². The number of rotatable bonds is 2. The van der Waals surface area contributed by atoms with Gasteiger partial charge in [0.05, 0.1) is 16.9 Å². The molecule has 0 spiro atoms. The topological polar surface area (TPSA) is 83.8 Å². The molecule has 0 atom stereocenters. The first kappa shape index (κ1) is 11.6. The van der Waals surface area contributed by atoms with Crippen LogP contribution in [0.1, 0.15) is 0 Å². The number of benzene rings is 1. The van der Waals surface area contributed by atoms with Crippen LogP contribution in [-0.4, -0.2) is 25.3 Å². The Balaban J connectivity index is 2.04.